The second-order valence-electron chi connectivity index (χ2n) is 6.37. The largest absolute Gasteiger partial charge is 0.384 e. The Labute approximate surface area is 158 Å². The number of amides is 1. The van der Waals surface area contributed by atoms with Crippen molar-refractivity contribution in [2.75, 3.05) is 19.5 Å². The van der Waals surface area contributed by atoms with E-state index in [0.717, 1.165) is 22.4 Å². The topological polar surface area (TPSA) is 95.1 Å². The number of aromatic nitrogens is 3. The molecule has 3 N–H and O–H groups in total. The van der Waals surface area contributed by atoms with Gasteiger partial charge in [0.05, 0.1) is 18.3 Å². The summed E-state index contributed by atoms with van der Waals surface area (Å²) < 4.78 is 6.99. The van der Waals surface area contributed by atoms with Crippen LogP contribution in [-0.4, -0.2) is 34.4 Å². The number of rotatable bonds is 6. The fraction of sp³-hybridized carbons (Fsp3) is 0.250. The molecule has 0 radical (unpaired) electrons. The number of nitrogen functional groups attached to an aromatic ring is 1. The molecule has 0 fully saturated rings. The molecule has 1 aromatic carbocycles. The van der Waals surface area contributed by atoms with Crippen LogP contribution in [0.2, 0.25) is 0 Å². The number of pyridine rings is 1. The predicted octanol–water partition coefficient (Wildman–Crippen LogP) is 2.49. The summed E-state index contributed by atoms with van der Waals surface area (Å²) in [5.74, 6) is 0.296. The zero-order valence-electron chi connectivity index (χ0n) is 15.6. The van der Waals surface area contributed by atoms with Crippen molar-refractivity contribution in [3.8, 4) is 11.1 Å². The first-order chi connectivity index (χ1) is 13.0. The molecule has 2 aromatic heterocycles. The Bertz CT molecular complexity index is 951. The average Bonchev–Trinajstić information content (AvgIpc) is 3.07. The Kier molecular flexibility index (Phi) is 5.52. The van der Waals surface area contributed by atoms with Crippen LogP contribution >= 0.6 is 0 Å². The van der Waals surface area contributed by atoms with Crippen molar-refractivity contribution >= 4 is 11.7 Å². The number of ether oxygens (including phenoxy) is 1. The summed E-state index contributed by atoms with van der Waals surface area (Å²) in [4.78, 5) is 17.0. The highest BCUT2D eigenvalue weighted by Crippen LogP contribution is 2.25. The van der Waals surface area contributed by atoms with Gasteiger partial charge in [0, 0.05) is 37.7 Å². The molecule has 0 bridgehead atoms. The third-order valence-corrected chi connectivity index (χ3v) is 4.42. The van der Waals surface area contributed by atoms with E-state index in [2.05, 4.69) is 15.4 Å². The number of benzene rings is 1. The highest BCUT2D eigenvalue weighted by molar-refractivity contribution is 5.95. The first-order valence-electron chi connectivity index (χ1n) is 8.60. The Morgan fingerprint density at radius 1 is 1.33 bits per heavy atom. The summed E-state index contributed by atoms with van der Waals surface area (Å²) in [5, 5.41) is 7.18. The first kappa shape index (κ1) is 18.6. The number of nitrogens with two attached hydrogens (primary N) is 1. The van der Waals surface area contributed by atoms with Gasteiger partial charge in [-0.1, -0.05) is 12.1 Å². The van der Waals surface area contributed by atoms with Crippen LogP contribution < -0.4 is 11.1 Å². The third-order valence-electron chi connectivity index (χ3n) is 4.42. The lowest BCUT2D eigenvalue weighted by Crippen LogP contribution is -2.32. The van der Waals surface area contributed by atoms with Crippen LogP contribution in [0, 0.1) is 6.92 Å². The van der Waals surface area contributed by atoms with Gasteiger partial charge < -0.3 is 15.8 Å². The molecular weight excluding hydrogens is 342 g/mol. The molecule has 3 aromatic rings. The molecule has 7 heteroatoms. The van der Waals surface area contributed by atoms with Gasteiger partial charge in [-0.15, -0.1) is 0 Å². The number of anilines is 1. The minimum atomic E-state index is -0.293. The SMILES string of the molecule is COC[C@H](NC(=O)c1cccc(-c2cnc(N)cc2C)c1)c1ccnn1C. The highest BCUT2D eigenvalue weighted by Gasteiger charge is 2.19. The third kappa shape index (κ3) is 4.15. The maximum Gasteiger partial charge on any atom is 0.251 e. The molecule has 2 heterocycles. The number of hydrogen-bond acceptors (Lipinski definition) is 5. The predicted molar refractivity (Wildman–Crippen MR) is 104 cm³/mol. The molecule has 0 saturated carbocycles. The van der Waals surface area contributed by atoms with Gasteiger partial charge in [0.2, 0.25) is 0 Å². The summed E-state index contributed by atoms with van der Waals surface area (Å²) in [6.45, 7) is 2.32. The summed E-state index contributed by atoms with van der Waals surface area (Å²) >= 11 is 0. The van der Waals surface area contributed by atoms with Crippen molar-refractivity contribution < 1.29 is 9.53 Å². The van der Waals surface area contributed by atoms with Gasteiger partial charge in [0.25, 0.3) is 5.91 Å². The number of methoxy groups -OCH3 is 1. The summed E-state index contributed by atoms with van der Waals surface area (Å²) in [6.07, 6.45) is 3.42. The van der Waals surface area contributed by atoms with Gasteiger partial charge in [0.1, 0.15) is 5.82 Å². The zero-order valence-corrected chi connectivity index (χ0v) is 15.6. The van der Waals surface area contributed by atoms with E-state index in [-0.39, 0.29) is 11.9 Å². The van der Waals surface area contributed by atoms with Crippen molar-refractivity contribution in [3.05, 3.63) is 65.6 Å². The second-order valence-corrected chi connectivity index (χ2v) is 6.37. The number of nitrogens with one attached hydrogen (secondary N) is 1. The Morgan fingerprint density at radius 3 is 2.81 bits per heavy atom. The fourth-order valence-corrected chi connectivity index (χ4v) is 3.04. The monoisotopic (exact) mass is 365 g/mol. The molecule has 0 aliphatic rings. The van der Waals surface area contributed by atoms with E-state index < -0.39 is 0 Å². The number of hydrogen-bond donors (Lipinski definition) is 2. The van der Waals surface area contributed by atoms with Gasteiger partial charge in [-0.25, -0.2) is 4.98 Å². The Balaban J connectivity index is 1.85. The van der Waals surface area contributed by atoms with Crippen LogP contribution in [0.1, 0.15) is 27.7 Å². The standard InChI is InChI=1S/C20H23N5O2/c1-13-9-19(21)22-11-16(13)14-5-4-6-15(10-14)20(26)24-17(12-27-3)18-7-8-23-25(18)2/h4-11,17H,12H2,1-3H3,(H2,21,22)(H,24,26)/t17-/m0/s1. The van der Waals surface area contributed by atoms with E-state index in [1.807, 2.05) is 44.3 Å². The van der Waals surface area contributed by atoms with E-state index in [1.165, 1.54) is 0 Å². The maximum absolute atomic E-state index is 12.8. The molecule has 0 aliphatic heterocycles. The molecule has 3 rings (SSSR count). The lowest BCUT2D eigenvalue weighted by Gasteiger charge is -2.18. The molecule has 0 aliphatic carbocycles. The number of carbonyl (C=O) groups is 1. The molecule has 1 amide bonds. The van der Waals surface area contributed by atoms with Crippen molar-refractivity contribution in [1.29, 1.82) is 0 Å². The second kappa shape index (κ2) is 8.01. The van der Waals surface area contributed by atoms with Crippen molar-refractivity contribution in [2.24, 2.45) is 7.05 Å². The van der Waals surface area contributed by atoms with Gasteiger partial charge in [-0.3, -0.25) is 9.48 Å². The van der Waals surface area contributed by atoms with Gasteiger partial charge in [0.15, 0.2) is 0 Å². The van der Waals surface area contributed by atoms with E-state index >= 15 is 0 Å². The number of nitrogens with zero attached hydrogens (tertiary/aromatic N) is 3. The van der Waals surface area contributed by atoms with Gasteiger partial charge >= 0.3 is 0 Å². The molecule has 0 spiro atoms. The molecule has 0 unspecified atom stereocenters. The van der Waals surface area contributed by atoms with E-state index in [4.69, 9.17) is 10.5 Å². The Hall–Kier alpha value is -3.19. The van der Waals surface area contributed by atoms with Crippen molar-refractivity contribution in [1.82, 2.24) is 20.1 Å². The molecule has 1 atom stereocenters. The summed E-state index contributed by atoms with van der Waals surface area (Å²) in [7, 11) is 3.44. The molecule has 0 saturated heterocycles. The van der Waals surface area contributed by atoms with Crippen molar-refractivity contribution in [2.45, 2.75) is 13.0 Å². The molecule has 7 nitrogen and oxygen atoms in total. The molecule has 140 valence electrons. The van der Waals surface area contributed by atoms with E-state index in [1.54, 1.807) is 30.3 Å². The van der Waals surface area contributed by atoms with Crippen LogP contribution in [0.25, 0.3) is 11.1 Å². The van der Waals surface area contributed by atoms with Crippen LogP contribution in [0.3, 0.4) is 0 Å². The number of aryl methyl sites for hydroxylation is 2. The quantitative estimate of drug-likeness (QED) is 0.700. The van der Waals surface area contributed by atoms with Crippen LogP contribution in [0.5, 0.6) is 0 Å². The minimum absolute atomic E-state index is 0.179. The summed E-state index contributed by atoms with van der Waals surface area (Å²) in [6, 6.07) is 10.8. The normalized spacial score (nSPS) is 12.0. The number of carbonyl (C=O) groups excluding carboxylic acids is 1. The van der Waals surface area contributed by atoms with Crippen LogP contribution in [0.4, 0.5) is 5.82 Å². The lowest BCUT2D eigenvalue weighted by atomic mass is 10.0. The van der Waals surface area contributed by atoms with Crippen molar-refractivity contribution in [3.63, 3.8) is 0 Å². The summed E-state index contributed by atoms with van der Waals surface area (Å²) in [5.41, 5.74) is 10.0. The molecular formula is C20H23N5O2. The average molecular weight is 365 g/mol. The van der Waals surface area contributed by atoms with E-state index in [9.17, 15) is 4.79 Å². The zero-order chi connectivity index (χ0) is 19.4. The fourth-order valence-electron chi connectivity index (χ4n) is 3.04. The van der Waals surface area contributed by atoms with Crippen LogP contribution in [0.15, 0.2) is 48.8 Å². The minimum Gasteiger partial charge on any atom is -0.384 e. The Morgan fingerprint density at radius 2 is 2.15 bits per heavy atom. The highest BCUT2D eigenvalue weighted by atomic mass is 16.5. The maximum atomic E-state index is 12.8. The first-order valence-corrected chi connectivity index (χ1v) is 8.60. The van der Waals surface area contributed by atoms with Gasteiger partial charge in [-0.2, -0.15) is 5.10 Å². The van der Waals surface area contributed by atoms with E-state index in [0.29, 0.717) is 18.0 Å². The smallest absolute Gasteiger partial charge is 0.251 e. The van der Waals surface area contributed by atoms with Gasteiger partial charge in [-0.05, 0) is 42.3 Å². The molecule has 27 heavy (non-hydrogen) atoms. The lowest BCUT2D eigenvalue weighted by molar-refractivity contribution is 0.0892. The van der Waals surface area contributed by atoms with Crippen LogP contribution in [-0.2, 0) is 11.8 Å².